The molecular weight excluding hydrogens is 419 g/mol. The first-order chi connectivity index (χ1) is 15.0. The number of fused-ring (bicyclic) bond motifs is 2. The molecule has 4 atom stereocenters. The van der Waals surface area contributed by atoms with Crippen molar-refractivity contribution in [3.63, 3.8) is 0 Å². The van der Waals surface area contributed by atoms with Crippen molar-refractivity contribution in [1.29, 1.82) is 0 Å². The van der Waals surface area contributed by atoms with Gasteiger partial charge in [-0.15, -0.1) is 10.2 Å². The van der Waals surface area contributed by atoms with Crippen molar-refractivity contribution in [2.45, 2.75) is 43.6 Å². The Hall–Kier alpha value is -2.85. The number of hydrogen-bond acceptors (Lipinski definition) is 9. The number of halogens is 1. The molecule has 5 rings (SSSR count). The van der Waals surface area contributed by atoms with E-state index in [1.807, 2.05) is 18.0 Å². The van der Waals surface area contributed by atoms with Crippen molar-refractivity contribution in [3.05, 3.63) is 30.6 Å². The summed E-state index contributed by atoms with van der Waals surface area (Å²) in [6, 6.07) is 7.04. The zero-order valence-corrected chi connectivity index (χ0v) is 18.0. The number of piperidine rings is 1. The molecule has 0 aliphatic carbocycles. The molecule has 3 aromatic rings. The highest BCUT2D eigenvalue weighted by atomic mass is 32.1. The number of aromatic hydroxyl groups is 1. The Morgan fingerprint density at radius 3 is 2.90 bits per heavy atom. The summed E-state index contributed by atoms with van der Waals surface area (Å²) in [5.74, 6) is 0.520. The maximum Gasteiger partial charge on any atom is 0.216 e. The lowest BCUT2D eigenvalue weighted by atomic mass is 9.97. The minimum Gasteiger partial charge on any atom is -0.507 e. The highest BCUT2D eigenvalue weighted by molar-refractivity contribution is 7.18. The predicted molar refractivity (Wildman–Crippen MR) is 116 cm³/mol. The molecule has 0 radical (unpaired) electrons. The van der Waals surface area contributed by atoms with Crippen molar-refractivity contribution in [2.75, 3.05) is 19.1 Å². The van der Waals surface area contributed by atoms with Crippen molar-refractivity contribution in [3.8, 4) is 33.5 Å². The number of benzene rings is 1. The van der Waals surface area contributed by atoms with E-state index in [1.165, 1.54) is 24.8 Å². The van der Waals surface area contributed by atoms with Crippen LogP contribution in [0, 0.1) is 0 Å². The van der Waals surface area contributed by atoms with Gasteiger partial charge in [-0.25, -0.2) is 14.4 Å². The largest absolute Gasteiger partial charge is 0.507 e. The molecule has 2 bridgehead atoms. The Bertz CT molecular complexity index is 1100. The monoisotopic (exact) mass is 442 g/mol. The quantitative estimate of drug-likeness (QED) is 0.623. The number of aromatic nitrogens is 4. The average molecular weight is 443 g/mol. The lowest BCUT2D eigenvalue weighted by Gasteiger charge is -2.38. The lowest BCUT2D eigenvalue weighted by molar-refractivity contribution is 0.176. The Balaban J connectivity index is 1.38. The summed E-state index contributed by atoms with van der Waals surface area (Å²) in [6.07, 6.45) is 3.14. The van der Waals surface area contributed by atoms with E-state index in [1.54, 1.807) is 18.2 Å². The van der Waals surface area contributed by atoms with Gasteiger partial charge >= 0.3 is 0 Å². The van der Waals surface area contributed by atoms with Crippen LogP contribution in [0.15, 0.2) is 30.6 Å². The molecule has 2 aliphatic heterocycles. The van der Waals surface area contributed by atoms with Gasteiger partial charge in [0.05, 0.1) is 24.4 Å². The van der Waals surface area contributed by atoms with Gasteiger partial charge in [0.25, 0.3) is 0 Å². The molecule has 1 aromatic carbocycles. The highest BCUT2D eigenvalue weighted by Gasteiger charge is 2.44. The van der Waals surface area contributed by atoms with Gasteiger partial charge in [-0.05, 0) is 31.4 Å². The van der Waals surface area contributed by atoms with Crippen LogP contribution in [0.1, 0.15) is 19.3 Å². The molecular formula is C21H23FN6O2S. The second-order valence-electron chi connectivity index (χ2n) is 7.97. The van der Waals surface area contributed by atoms with Crippen molar-refractivity contribution < 1.29 is 14.2 Å². The number of phenols is 1. The van der Waals surface area contributed by atoms with Crippen LogP contribution in [0.3, 0.4) is 0 Å². The van der Waals surface area contributed by atoms with Gasteiger partial charge in [0.15, 0.2) is 5.01 Å². The maximum atomic E-state index is 14.9. The fourth-order valence-electron chi connectivity index (χ4n) is 4.44. The molecule has 8 nitrogen and oxygen atoms in total. The van der Waals surface area contributed by atoms with Crippen LogP contribution >= 0.6 is 11.3 Å². The van der Waals surface area contributed by atoms with E-state index < -0.39 is 6.17 Å². The van der Waals surface area contributed by atoms with E-state index in [4.69, 9.17) is 4.74 Å². The van der Waals surface area contributed by atoms with Gasteiger partial charge < -0.3 is 20.1 Å². The lowest BCUT2D eigenvalue weighted by Crippen LogP contribution is -2.55. The van der Waals surface area contributed by atoms with Crippen LogP contribution in [-0.4, -0.2) is 63.7 Å². The SMILES string of the molecule is COc1cc(-c2ccc(-c3nnc(N(C)[C@H]4C[C@@H]5CC[C@@H](N5)[C@H]4F)s3)c(O)c2)ncn1. The number of rotatable bonds is 5. The number of nitrogens with one attached hydrogen (secondary N) is 1. The molecule has 31 heavy (non-hydrogen) atoms. The van der Waals surface area contributed by atoms with Gasteiger partial charge in [-0.3, -0.25) is 0 Å². The normalized spacial score (nSPS) is 24.9. The summed E-state index contributed by atoms with van der Waals surface area (Å²) in [6.45, 7) is 0. The summed E-state index contributed by atoms with van der Waals surface area (Å²) >= 11 is 1.35. The van der Waals surface area contributed by atoms with Crippen molar-refractivity contribution >= 4 is 16.5 Å². The van der Waals surface area contributed by atoms with Crippen LogP contribution in [-0.2, 0) is 0 Å². The first kappa shape index (κ1) is 20.1. The maximum absolute atomic E-state index is 14.9. The summed E-state index contributed by atoms with van der Waals surface area (Å²) in [5, 5.41) is 23.7. The second kappa shape index (κ2) is 8.01. The van der Waals surface area contributed by atoms with E-state index in [0.717, 1.165) is 24.8 Å². The van der Waals surface area contributed by atoms with Crippen molar-refractivity contribution in [1.82, 2.24) is 25.5 Å². The fraction of sp³-hybridized carbons (Fsp3) is 0.429. The molecule has 4 heterocycles. The zero-order chi connectivity index (χ0) is 21.5. The average Bonchev–Trinajstić information content (AvgIpc) is 3.44. The topological polar surface area (TPSA) is 96.3 Å². The molecule has 10 heteroatoms. The number of alkyl halides is 1. The molecule has 0 spiro atoms. The molecule has 2 aliphatic rings. The molecule has 2 N–H and O–H groups in total. The number of hydrogen-bond donors (Lipinski definition) is 2. The standard InChI is InChI=1S/C21H23FN6O2S/c1-28(16-8-12-4-6-14(25-12)19(16)22)21-27-26-20(31-21)13-5-3-11(7-17(13)29)15-9-18(30-2)24-10-23-15/h3,5,7,9-10,12,14,16,19,25,29H,4,6,8H2,1-2H3/t12-,14+,16-,19+/m0/s1. The van der Waals surface area contributed by atoms with Crippen LogP contribution in [0.25, 0.3) is 21.8 Å². The molecule has 0 saturated carbocycles. The molecule has 162 valence electrons. The third kappa shape index (κ3) is 3.70. The highest BCUT2D eigenvalue weighted by Crippen LogP contribution is 2.39. The molecule has 0 amide bonds. The third-order valence-electron chi connectivity index (χ3n) is 6.14. The molecule has 0 unspecified atom stereocenters. The van der Waals surface area contributed by atoms with E-state index >= 15 is 0 Å². The van der Waals surface area contributed by atoms with Crippen molar-refractivity contribution in [2.24, 2.45) is 0 Å². The fourth-order valence-corrected chi connectivity index (χ4v) is 5.34. The molecule has 2 aromatic heterocycles. The first-order valence-corrected chi connectivity index (χ1v) is 11.0. The smallest absolute Gasteiger partial charge is 0.216 e. The predicted octanol–water partition coefficient (Wildman–Crippen LogP) is 3.04. The van der Waals surface area contributed by atoms with Crippen LogP contribution < -0.4 is 15.0 Å². The van der Waals surface area contributed by atoms with E-state index in [9.17, 15) is 9.50 Å². The zero-order valence-electron chi connectivity index (χ0n) is 17.2. The van der Waals surface area contributed by atoms with Crippen LogP contribution in [0.4, 0.5) is 9.52 Å². The van der Waals surface area contributed by atoms with Gasteiger partial charge in [0.2, 0.25) is 11.0 Å². The Labute approximate surface area is 183 Å². The summed E-state index contributed by atoms with van der Waals surface area (Å²) in [5.41, 5.74) is 1.94. The molecule has 2 saturated heterocycles. The van der Waals surface area contributed by atoms with Gasteiger partial charge in [-0.2, -0.15) is 0 Å². The Kier molecular flexibility index (Phi) is 5.19. The molecule has 2 fully saturated rings. The minimum absolute atomic E-state index is 0.0729. The van der Waals surface area contributed by atoms with E-state index in [2.05, 4.69) is 25.5 Å². The van der Waals surface area contributed by atoms with Gasteiger partial charge in [-0.1, -0.05) is 17.4 Å². The summed E-state index contributed by atoms with van der Waals surface area (Å²) < 4.78 is 20.1. The van der Waals surface area contributed by atoms with Gasteiger partial charge in [0, 0.05) is 30.8 Å². The summed E-state index contributed by atoms with van der Waals surface area (Å²) in [4.78, 5) is 10.1. The van der Waals surface area contributed by atoms with E-state index in [-0.39, 0.29) is 17.8 Å². The Morgan fingerprint density at radius 1 is 1.23 bits per heavy atom. The minimum atomic E-state index is -0.936. The number of methoxy groups -OCH3 is 1. The van der Waals surface area contributed by atoms with Gasteiger partial charge in [0.1, 0.15) is 18.2 Å². The first-order valence-electron chi connectivity index (χ1n) is 10.2. The number of phenolic OH excluding ortho intramolecular Hbond substituents is 1. The summed E-state index contributed by atoms with van der Waals surface area (Å²) in [7, 11) is 3.41. The number of ether oxygens (including phenoxy) is 1. The number of nitrogens with zero attached hydrogens (tertiary/aromatic N) is 5. The van der Waals surface area contributed by atoms with Crippen LogP contribution in [0.2, 0.25) is 0 Å². The number of anilines is 1. The Morgan fingerprint density at radius 2 is 2.10 bits per heavy atom. The third-order valence-corrected chi connectivity index (χ3v) is 7.19. The van der Waals surface area contributed by atoms with E-state index in [0.29, 0.717) is 33.3 Å². The van der Waals surface area contributed by atoms with Crippen LogP contribution in [0.5, 0.6) is 11.6 Å². The second-order valence-corrected chi connectivity index (χ2v) is 8.93.